The number of rotatable bonds is 6. The Morgan fingerprint density at radius 2 is 1.70 bits per heavy atom. The van der Waals surface area contributed by atoms with Crippen LogP contribution in [0, 0.1) is 0 Å². The molecule has 2 nitrogen and oxygen atoms in total. The van der Waals surface area contributed by atoms with Crippen LogP contribution in [0.4, 0.5) is 0 Å². The summed E-state index contributed by atoms with van der Waals surface area (Å²) < 4.78 is 5.48. The van der Waals surface area contributed by atoms with Crippen molar-refractivity contribution in [2.24, 2.45) is 0 Å². The van der Waals surface area contributed by atoms with E-state index >= 15 is 0 Å². The summed E-state index contributed by atoms with van der Waals surface area (Å²) in [6.45, 7) is 1.10. The number of ether oxygens (including phenoxy) is 1. The lowest BCUT2D eigenvalue weighted by molar-refractivity contribution is 0.391. The molecule has 0 heterocycles. The van der Waals surface area contributed by atoms with Crippen molar-refractivity contribution in [3.05, 3.63) is 54.1 Å². The Bertz CT molecular complexity index is 534. The normalized spacial score (nSPS) is 10.8. The second-order valence-electron chi connectivity index (χ2n) is 5.30. The molecule has 0 N–H and O–H groups in total. The average molecular weight is 269 g/mol. The summed E-state index contributed by atoms with van der Waals surface area (Å²) in [5.74, 6) is 0.989. The molecule has 2 heteroatoms. The van der Waals surface area contributed by atoms with E-state index in [0.717, 1.165) is 25.1 Å². The van der Waals surface area contributed by atoms with Gasteiger partial charge < -0.3 is 9.64 Å². The van der Waals surface area contributed by atoms with Gasteiger partial charge in [0, 0.05) is 0 Å². The van der Waals surface area contributed by atoms with E-state index in [9.17, 15) is 0 Å². The standard InChI is InChI=1S/C18H23NO/c1-19(2)13-7-10-17-14-16(11-12-18(17)20-3)15-8-5-4-6-9-15/h4-6,8-9,11-12,14H,7,10,13H2,1-3H3. The summed E-state index contributed by atoms with van der Waals surface area (Å²) in [6.07, 6.45) is 2.18. The third kappa shape index (κ3) is 3.84. The highest BCUT2D eigenvalue weighted by molar-refractivity contribution is 5.65. The molecule has 0 saturated heterocycles. The highest BCUT2D eigenvalue weighted by Crippen LogP contribution is 2.27. The molecule has 0 unspecified atom stereocenters. The zero-order valence-electron chi connectivity index (χ0n) is 12.6. The second kappa shape index (κ2) is 7.11. The maximum Gasteiger partial charge on any atom is 0.122 e. The van der Waals surface area contributed by atoms with Crippen molar-refractivity contribution < 1.29 is 4.74 Å². The highest BCUT2D eigenvalue weighted by Gasteiger charge is 2.06. The second-order valence-corrected chi connectivity index (χ2v) is 5.30. The number of methoxy groups -OCH3 is 1. The zero-order valence-corrected chi connectivity index (χ0v) is 12.6. The molecular formula is C18H23NO. The van der Waals surface area contributed by atoms with Crippen LogP contribution in [0.1, 0.15) is 12.0 Å². The molecule has 2 aromatic carbocycles. The Balaban J connectivity index is 2.20. The molecule has 0 fully saturated rings. The summed E-state index contributed by atoms with van der Waals surface area (Å²) >= 11 is 0. The van der Waals surface area contributed by atoms with Gasteiger partial charge in [-0.2, -0.15) is 0 Å². The van der Waals surface area contributed by atoms with Gasteiger partial charge >= 0.3 is 0 Å². The molecule has 0 saturated carbocycles. The van der Waals surface area contributed by atoms with Gasteiger partial charge in [0.15, 0.2) is 0 Å². The number of nitrogens with zero attached hydrogens (tertiary/aromatic N) is 1. The first-order chi connectivity index (χ1) is 9.70. The minimum atomic E-state index is 0.989. The number of benzene rings is 2. The molecule has 0 aromatic heterocycles. The largest absolute Gasteiger partial charge is 0.496 e. The monoisotopic (exact) mass is 269 g/mol. The van der Waals surface area contributed by atoms with Crippen LogP contribution in [0.2, 0.25) is 0 Å². The number of hydrogen-bond acceptors (Lipinski definition) is 2. The first-order valence-electron chi connectivity index (χ1n) is 7.08. The van der Waals surface area contributed by atoms with Gasteiger partial charge in [0.2, 0.25) is 0 Å². The van der Waals surface area contributed by atoms with Crippen LogP contribution in [-0.4, -0.2) is 32.6 Å². The maximum absolute atomic E-state index is 5.48. The van der Waals surface area contributed by atoms with Gasteiger partial charge in [-0.3, -0.25) is 0 Å². The van der Waals surface area contributed by atoms with E-state index in [2.05, 4.69) is 61.5 Å². The third-order valence-electron chi connectivity index (χ3n) is 3.44. The van der Waals surface area contributed by atoms with E-state index in [0.29, 0.717) is 0 Å². The first-order valence-corrected chi connectivity index (χ1v) is 7.08. The molecule has 0 bridgehead atoms. The van der Waals surface area contributed by atoms with Crippen molar-refractivity contribution in [2.45, 2.75) is 12.8 Å². The quantitative estimate of drug-likeness (QED) is 0.789. The molecule has 2 rings (SSSR count). The van der Waals surface area contributed by atoms with Crippen molar-refractivity contribution in [1.29, 1.82) is 0 Å². The van der Waals surface area contributed by atoms with Gasteiger partial charge in [-0.05, 0) is 62.3 Å². The van der Waals surface area contributed by atoms with Gasteiger partial charge in [0.25, 0.3) is 0 Å². The molecule has 2 aromatic rings. The summed E-state index contributed by atoms with van der Waals surface area (Å²) in [5, 5.41) is 0. The number of hydrogen-bond donors (Lipinski definition) is 0. The van der Waals surface area contributed by atoms with Crippen LogP contribution in [0.15, 0.2) is 48.5 Å². The smallest absolute Gasteiger partial charge is 0.122 e. The molecular weight excluding hydrogens is 246 g/mol. The lowest BCUT2D eigenvalue weighted by atomic mass is 10.00. The van der Waals surface area contributed by atoms with Gasteiger partial charge in [0.1, 0.15) is 5.75 Å². The first kappa shape index (κ1) is 14.6. The molecule has 0 amide bonds. The van der Waals surface area contributed by atoms with Crippen molar-refractivity contribution >= 4 is 0 Å². The minimum Gasteiger partial charge on any atom is -0.496 e. The van der Waals surface area contributed by atoms with E-state index in [4.69, 9.17) is 4.74 Å². The summed E-state index contributed by atoms with van der Waals surface area (Å²) in [4.78, 5) is 2.22. The molecule has 106 valence electrons. The molecule has 0 atom stereocenters. The fourth-order valence-corrected chi connectivity index (χ4v) is 2.37. The molecule has 0 radical (unpaired) electrons. The van der Waals surface area contributed by atoms with Crippen LogP contribution in [0.5, 0.6) is 5.75 Å². The van der Waals surface area contributed by atoms with Gasteiger partial charge in [-0.15, -0.1) is 0 Å². The predicted octanol–water partition coefficient (Wildman–Crippen LogP) is 3.86. The SMILES string of the molecule is COc1ccc(-c2ccccc2)cc1CCCN(C)C. The Morgan fingerprint density at radius 3 is 2.35 bits per heavy atom. The average Bonchev–Trinajstić information content (AvgIpc) is 2.47. The zero-order chi connectivity index (χ0) is 14.4. The Labute approximate surface area is 122 Å². The summed E-state index contributed by atoms with van der Waals surface area (Å²) in [6, 6.07) is 16.9. The van der Waals surface area contributed by atoms with E-state index in [1.807, 2.05) is 6.07 Å². The molecule has 0 aliphatic rings. The van der Waals surface area contributed by atoms with Gasteiger partial charge in [-0.25, -0.2) is 0 Å². The highest BCUT2D eigenvalue weighted by atomic mass is 16.5. The molecule has 0 aliphatic heterocycles. The van der Waals surface area contributed by atoms with E-state index in [-0.39, 0.29) is 0 Å². The fraction of sp³-hybridized carbons (Fsp3) is 0.333. The Morgan fingerprint density at radius 1 is 0.950 bits per heavy atom. The Kier molecular flexibility index (Phi) is 5.19. The molecule has 20 heavy (non-hydrogen) atoms. The van der Waals surface area contributed by atoms with Crippen molar-refractivity contribution in [2.75, 3.05) is 27.7 Å². The predicted molar refractivity (Wildman–Crippen MR) is 85.3 cm³/mol. The molecule has 0 aliphatic carbocycles. The van der Waals surface area contributed by atoms with E-state index in [1.54, 1.807) is 7.11 Å². The van der Waals surface area contributed by atoms with Crippen molar-refractivity contribution in [1.82, 2.24) is 4.90 Å². The topological polar surface area (TPSA) is 12.5 Å². The lowest BCUT2D eigenvalue weighted by Gasteiger charge is -2.13. The van der Waals surface area contributed by atoms with Crippen LogP contribution in [-0.2, 0) is 6.42 Å². The van der Waals surface area contributed by atoms with Gasteiger partial charge in [0.05, 0.1) is 7.11 Å². The summed E-state index contributed by atoms with van der Waals surface area (Å²) in [5.41, 5.74) is 3.80. The van der Waals surface area contributed by atoms with Crippen LogP contribution in [0.3, 0.4) is 0 Å². The lowest BCUT2D eigenvalue weighted by Crippen LogP contribution is -2.13. The van der Waals surface area contributed by atoms with Crippen molar-refractivity contribution in [3.8, 4) is 16.9 Å². The van der Waals surface area contributed by atoms with E-state index in [1.165, 1.54) is 16.7 Å². The van der Waals surface area contributed by atoms with Crippen molar-refractivity contribution in [3.63, 3.8) is 0 Å². The minimum absolute atomic E-state index is 0.989. The van der Waals surface area contributed by atoms with Crippen LogP contribution in [0.25, 0.3) is 11.1 Å². The third-order valence-corrected chi connectivity index (χ3v) is 3.44. The van der Waals surface area contributed by atoms with E-state index < -0.39 is 0 Å². The fourth-order valence-electron chi connectivity index (χ4n) is 2.37. The molecule has 0 spiro atoms. The number of aryl methyl sites for hydroxylation is 1. The Hall–Kier alpha value is -1.80. The maximum atomic E-state index is 5.48. The summed E-state index contributed by atoms with van der Waals surface area (Å²) in [7, 11) is 5.96. The van der Waals surface area contributed by atoms with Gasteiger partial charge in [-0.1, -0.05) is 36.4 Å². The van der Waals surface area contributed by atoms with Crippen LogP contribution < -0.4 is 4.74 Å². The van der Waals surface area contributed by atoms with Crippen LogP contribution >= 0.6 is 0 Å².